The molecule has 0 aliphatic carbocycles. The largest absolute Gasteiger partial charge is 0.302 e. The first-order chi connectivity index (χ1) is 8.12. The van der Waals surface area contributed by atoms with E-state index in [1.807, 2.05) is 30.3 Å². The van der Waals surface area contributed by atoms with Crippen LogP contribution >= 0.6 is 0 Å². The van der Waals surface area contributed by atoms with Crippen LogP contribution in [0.2, 0.25) is 0 Å². The number of tetrazole rings is 1. The predicted octanol–water partition coefficient (Wildman–Crippen LogP) is 1.20. The first kappa shape index (κ1) is 11.4. The van der Waals surface area contributed by atoms with Gasteiger partial charge in [-0.3, -0.25) is 0 Å². The van der Waals surface area contributed by atoms with E-state index in [1.54, 1.807) is 13.8 Å². The van der Waals surface area contributed by atoms with E-state index in [1.165, 1.54) is 4.80 Å². The van der Waals surface area contributed by atoms with E-state index in [-0.39, 0.29) is 0 Å². The third-order valence-corrected chi connectivity index (χ3v) is 2.49. The lowest BCUT2D eigenvalue weighted by Gasteiger charge is -2.09. The van der Waals surface area contributed by atoms with Gasteiger partial charge < -0.3 is 4.79 Å². The summed E-state index contributed by atoms with van der Waals surface area (Å²) in [6.07, 6.45) is 0.830. The fourth-order valence-corrected chi connectivity index (χ4v) is 1.37. The Bertz CT molecular complexity index is 504. The van der Waals surface area contributed by atoms with Gasteiger partial charge in [0, 0.05) is 0 Å². The van der Waals surface area contributed by atoms with Crippen LogP contribution in [-0.4, -0.2) is 26.5 Å². The highest BCUT2D eigenvalue weighted by Crippen LogP contribution is 2.14. The topological polar surface area (TPSA) is 60.7 Å². The molecule has 0 spiro atoms. The SMILES string of the molecule is CC(C)(C=O)c1nnn(Cc2ccccc2)n1. The van der Waals surface area contributed by atoms with Crippen LogP contribution in [-0.2, 0) is 16.8 Å². The number of carbonyl (C=O) groups excluding carboxylic acids is 1. The summed E-state index contributed by atoms with van der Waals surface area (Å²) in [5, 5.41) is 12.1. The Hall–Kier alpha value is -2.04. The molecule has 0 N–H and O–H groups in total. The fraction of sp³-hybridized carbons (Fsp3) is 0.333. The average Bonchev–Trinajstić information content (AvgIpc) is 2.80. The summed E-state index contributed by atoms with van der Waals surface area (Å²) in [5.41, 5.74) is 0.412. The fourth-order valence-electron chi connectivity index (χ4n) is 1.37. The molecule has 0 saturated heterocycles. The van der Waals surface area contributed by atoms with Crippen LogP contribution < -0.4 is 0 Å². The van der Waals surface area contributed by atoms with Crippen molar-refractivity contribution in [1.82, 2.24) is 20.2 Å². The molecule has 1 aromatic heterocycles. The monoisotopic (exact) mass is 230 g/mol. The minimum absolute atomic E-state index is 0.448. The Morgan fingerprint density at radius 3 is 2.65 bits per heavy atom. The standard InChI is InChI=1S/C12H14N4O/c1-12(2,9-17)11-13-15-16(14-11)8-10-6-4-3-5-7-10/h3-7,9H,8H2,1-2H3. The van der Waals surface area contributed by atoms with Crippen molar-refractivity contribution in [2.75, 3.05) is 0 Å². The number of benzene rings is 1. The Morgan fingerprint density at radius 2 is 2.00 bits per heavy atom. The normalized spacial score (nSPS) is 11.4. The molecule has 0 aliphatic rings. The molecule has 0 bridgehead atoms. The highest BCUT2D eigenvalue weighted by atomic mass is 16.1. The van der Waals surface area contributed by atoms with Crippen molar-refractivity contribution >= 4 is 6.29 Å². The molecule has 2 aromatic rings. The smallest absolute Gasteiger partial charge is 0.187 e. The van der Waals surface area contributed by atoms with E-state index in [0.29, 0.717) is 12.4 Å². The zero-order chi connectivity index (χ0) is 12.3. The van der Waals surface area contributed by atoms with Gasteiger partial charge in [0.1, 0.15) is 6.29 Å². The Morgan fingerprint density at radius 1 is 1.29 bits per heavy atom. The minimum Gasteiger partial charge on any atom is -0.302 e. The molecule has 5 heteroatoms. The van der Waals surface area contributed by atoms with Gasteiger partial charge in [-0.2, -0.15) is 4.80 Å². The van der Waals surface area contributed by atoms with Crippen LogP contribution in [0.5, 0.6) is 0 Å². The van der Waals surface area contributed by atoms with E-state index in [2.05, 4.69) is 15.4 Å². The van der Waals surface area contributed by atoms with E-state index in [0.717, 1.165) is 11.8 Å². The third kappa shape index (κ3) is 2.55. The summed E-state index contributed by atoms with van der Waals surface area (Å²) in [6, 6.07) is 9.87. The summed E-state index contributed by atoms with van der Waals surface area (Å²) in [7, 11) is 0. The van der Waals surface area contributed by atoms with Crippen LogP contribution in [0.25, 0.3) is 0 Å². The van der Waals surface area contributed by atoms with Gasteiger partial charge in [0.2, 0.25) is 0 Å². The molecule has 0 fully saturated rings. The van der Waals surface area contributed by atoms with Gasteiger partial charge in [-0.1, -0.05) is 30.3 Å². The maximum atomic E-state index is 10.9. The molecule has 0 amide bonds. The number of nitrogens with zero attached hydrogens (tertiary/aromatic N) is 4. The van der Waals surface area contributed by atoms with Crippen molar-refractivity contribution in [3.63, 3.8) is 0 Å². The van der Waals surface area contributed by atoms with Crippen molar-refractivity contribution < 1.29 is 4.79 Å². The van der Waals surface area contributed by atoms with Crippen LogP contribution in [0.1, 0.15) is 25.2 Å². The molecule has 88 valence electrons. The molecule has 0 unspecified atom stereocenters. The van der Waals surface area contributed by atoms with Crippen molar-refractivity contribution in [3.05, 3.63) is 41.7 Å². The Kier molecular flexibility index (Phi) is 2.99. The minimum atomic E-state index is -0.686. The number of aldehydes is 1. The zero-order valence-electron chi connectivity index (χ0n) is 9.87. The van der Waals surface area contributed by atoms with Gasteiger partial charge in [0.15, 0.2) is 5.82 Å². The van der Waals surface area contributed by atoms with Gasteiger partial charge in [0.05, 0.1) is 12.0 Å². The molecule has 1 aromatic carbocycles. The lowest BCUT2D eigenvalue weighted by molar-refractivity contribution is -0.111. The molecule has 0 aliphatic heterocycles. The second kappa shape index (κ2) is 4.45. The van der Waals surface area contributed by atoms with E-state index >= 15 is 0 Å². The maximum Gasteiger partial charge on any atom is 0.187 e. The Balaban J connectivity index is 2.17. The lowest BCUT2D eigenvalue weighted by Crippen LogP contribution is -2.21. The summed E-state index contributed by atoms with van der Waals surface area (Å²) < 4.78 is 0. The highest BCUT2D eigenvalue weighted by Gasteiger charge is 2.25. The molecule has 1 heterocycles. The number of hydrogen-bond acceptors (Lipinski definition) is 4. The zero-order valence-corrected chi connectivity index (χ0v) is 9.87. The summed E-state index contributed by atoms with van der Waals surface area (Å²) in [4.78, 5) is 12.4. The average molecular weight is 230 g/mol. The van der Waals surface area contributed by atoms with Crippen molar-refractivity contribution in [3.8, 4) is 0 Å². The molecule has 0 saturated carbocycles. The van der Waals surface area contributed by atoms with Crippen LogP contribution in [0.4, 0.5) is 0 Å². The molecule has 2 rings (SSSR count). The van der Waals surface area contributed by atoms with E-state index in [9.17, 15) is 4.79 Å². The molecule has 0 radical (unpaired) electrons. The maximum absolute atomic E-state index is 10.9. The van der Waals surface area contributed by atoms with Crippen LogP contribution in [0, 0.1) is 0 Å². The van der Waals surface area contributed by atoms with Gasteiger partial charge in [-0.15, -0.1) is 10.2 Å². The quantitative estimate of drug-likeness (QED) is 0.740. The van der Waals surface area contributed by atoms with Crippen LogP contribution in [0.15, 0.2) is 30.3 Å². The number of aromatic nitrogens is 4. The van der Waals surface area contributed by atoms with E-state index in [4.69, 9.17) is 0 Å². The van der Waals surface area contributed by atoms with Gasteiger partial charge in [-0.05, 0) is 24.6 Å². The van der Waals surface area contributed by atoms with Crippen molar-refractivity contribution in [1.29, 1.82) is 0 Å². The number of hydrogen-bond donors (Lipinski definition) is 0. The van der Waals surface area contributed by atoms with Gasteiger partial charge in [0.25, 0.3) is 0 Å². The number of rotatable bonds is 4. The van der Waals surface area contributed by atoms with Gasteiger partial charge >= 0.3 is 0 Å². The van der Waals surface area contributed by atoms with E-state index < -0.39 is 5.41 Å². The summed E-state index contributed by atoms with van der Waals surface area (Å²) >= 11 is 0. The second-order valence-corrected chi connectivity index (χ2v) is 4.47. The highest BCUT2D eigenvalue weighted by molar-refractivity contribution is 5.64. The molecular weight excluding hydrogens is 216 g/mol. The summed E-state index contributed by atoms with van der Waals surface area (Å²) in [6.45, 7) is 4.09. The number of carbonyl (C=O) groups is 1. The summed E-state index contributed by atoms with van der Waals surface area (Å²) in [5.74, 6) is 0.448. The van der Waals surface area contributed by atoms with Crippen molar-refractivity contribution in [2.45, 2.75) is 25.8 Å². The first-order valence-corrected chi connectivity index (χ1v) is 5.40. The van der Waals surface area contributed by atoms with Crippen LogP contribution in [0.3, 0.4) is 0 Å². The first-order valence-electron chi connectivity index (χ1n) is 5.40. The van der Waals surface area contributed by atoms with Gasteiger partial charge in [-0.25, -0.2) is 0 Å². The molecular formula is C12H14N4O. The second-order valence-electron chi connectivity index (χ2n) is 4.47. The van der Waals surface area contributed by atoms with Crippen molar-refractivity contribution in [2.24, 2.45) is 0 Å². The Labute approximate surface area is 99.5 Å². The predicted molar refractivity (Wildman–Crippen MR) is 62.5 cm³/mol. The molecule has 5 nitrogen and oxygen atoms in total. The molecule has 17 heavy (non-hydrogen) atoms. The lowest BCUT2D eigenvalue weighted by atomic mass is 9.95. The third-order valence-electron chi connectivity index (χ3n) is 2.49. The molecule has 0 atom stereocenters.